The smallest absolute Gasteiger partial charge is 0.357 e. The summed E-state index contributed by atoms with van der Waals surface area (Å²) in [6.45, 7) is 0.935. The highest BCUT2D eigenvalue weighted by atomic mass is 32.1. The van der Waals surface area contributed by atoms with E-state index in [0.717, 1.165) is 17.6 Å². The van der Waals surface area contributed by atoms with Crippen molar-refractivity contribution in [2.24, 2.45) is 5.92 Å². The van der Waals surface area contributed by atoms with E-state index in [9.17, 15) is 4.79 Å². The molecule has 1 heterocycles. The molecule has 0 aliphatic heterocycles. The van der Waals surface area contributed by atoms with Crippen LogP contribution in [-0.2, 0) is 4.74 Å². The number of thiazole rings is 1. The summed E-state index contributed by atoms with van der Waals surface area (Å²) in [5.41, 5.74) is 0.386. The van der Waals surface area contributed by atoms with Crippen LogP contribution in [0.2, 0.25) is 0 Å². The van der Waals surface area contributed by atoms with Crippen LogP contribution in [-0.4, -0.2) is 24.6 Å². The lowest BCUT2D eigenvalue weighted by molar-refractivity contribution is 0.0595. The molecule has 0 radical (unpaired) electrons. The van der Waals surface area contributed by atoms with Gasteiger partial charge in [0.1, 0.15) is 0 Å². The third-order valence-corrected chi connectivity index (χ3v) is 3.46. The number of hydrogen-bond acceptors (Lipinski definition) is 5. The van der Waals surface area contributed by atoms with Crippen LogP contribution in [0.5, 0.6) is 0 Å². The van der Waals surface area contributed by atoms with E-state index in [2.05, 4.69) is 15.0 Å². The van der Waals surface area contributed by atoms with E-state index in [1.54, 1.807) is 5.38 Å². The van der Waals surface area contributed by atoms with E-state index in [1.807, 2.05) is 0 Å². The Hall–Kier alpha value is -1.10. The summed E-state index contributed by atoms with van der Waals surface area (Å²) in [7, 11) is 1.37. The lowest BCUT2D eigenvalue weighted by Crippen LogP contribution is -2.04. The number of carbonyl (C=O) groups excluding carboxylic acids is 1. The summed E-state index contributed by atoms with van der Waals surface area (Å²) in [6.07, 6.45) is 5.30. The van der Waals surface area contributed by atoms with Crippen molar-refractivity contribution in [2.45, 2.75) is 25.7 Å². The number of aromatic nitrogens is 1. The number of carbonyl (C=O) groups is 1. The second-order valence-electron chi connectivity index (χ2n) is 4.04. The van der Waals surface area contributed by atoms with Crippen molar-refractivity contribution in [1.29, 1.82) is 0 Å². The molecule has 2 rings (SSSR count). The fraction of sp³-hybridized carbons (Fsp3) is 0.636. The molecule has 0 unspecified atom stereocenters. The summed E-state index contributed by atoms with van der Waals surface area (Å²) < 4.78 is 4.59. The first-order valence-corrected chi connectivity index (χ1v) is 6.45. The van der Waals surface area contributed by atoms with Crippen LogP contribution in [0.1, 0.15) is 36.2 Å². The molecular formula is C11H16N2O2S. The maximum atomic E-state index is 11.1. The number of nitrogens with one attached hydrogen (secondary N) is 1. The van der Waals surface area contributed by atoms with Crippen LogP contribution in [0.4, 0.5) is 5.13 Å². The maximum Gasteiger partial charge on any atom is 0.357 e. The molecule has 1 aliphatic carbocycles. The summed E-state index contributed by atoms with van der Waals surface area (Å²) in [4.78, 5) is 15.3. The molecule has 0 spiro atoms. The first-order valence-electron chi connectivity index (χ1n) is 5.57. The van der Waals surface area contributed by atoms with Crippen molar-refractivity contribution in [3.05, 3.63) is 11.1 Å². The zero-order chi connectivity index (χ0) is 11.4. The molecule has 0 saturated heterocycles. The van der Waals surface area contributed by atoms with Crippen molar-refractivity contribution in [1.82, 2.24) is 4.98 Å². The minimum Gasteiger partial charge on any atom is -0.464 e. The number of nitrogens with zero attached hydrogens (tertiary/aromatic N) is 1. The molecule has 1 fully saturated rings. The molecule has 16 heavy (non-hydrogen) atoms. The summed E-state index contributed by atoms with van der Waals surface area (Å²) in [5.74, 6) is 0.603. The highest BCUT2D eigenvalue weighted by Crippen LogP contribution is 2.33. The average Bonchev–Trinajstić information content (AvgIpc) is 3.01. The first-order chi connectivity index (χ1) is 7.79. The van der Waals surface area contributed by atoms with Gasteiger partial charge in [0, 0.05) is 11.9 Å². The number of esters is 1. The van der Waals surface area contributed by atoms with Gasteiger partial charge in [-0.15, -0.1) is 11.3 Å². The number of ether oxygens (including phenoxy) is 1. The van der Waals surface area contributed by atoms with E-state index >= 15 is 0 Å². The second kappa shape index (κ2) is 5.30. The summed E-state index contributed by atoms with van der Waals surface area (Å²) >= 11 is 1.44. The van der Waals surface area contributed by atoms with E-state index in [4.69, 9.17) is 0 Å². The SMILES string of the molecule is COC(=O)c1csc(NCCCC2CC2)n1. The zero-order valence-electron chi connectivity index (χ0n) is 9.36. The van der Waals surface area contributed by atoms with Crippen molar-refractivity contribution in [3.63, 3.8) is 0 Å². The van der Waals surface area contributed by atoms with Gasteiger partial charge in [0.25, 0.3) is 0 Å². The Morgan fingerprint density at radius 3 is 3.19 bits per heavy atom. The molecule has 1 aromatic heterocycles. The number of anilines is 1. The van der Waals surface area contributed by atoms with E-state index < -0.39 is 0 Å². The lowest BCUT2D eigenvalue weighted by atomic mass is 10.2. The molecule has 4 nitrogen and oxygen atoms in total. The third-order valence-electron chi connectivity index (χ3n) is 2.66. The molecule has 1 saturated carbocycles. The molecule has 0 bridgehead atoms. The molecular weight excluding hydrogens is 224 g/mol. The van der Waals surface area contributed by atoms with Gasteiger partial charge in [0.2, 0.25) is 0 Å². The van der Waals surface area contributed by atoms with E-state index in [-0.39, 0.29) is 5.97 Å². The van der Waals surface area contributed by atoms with Crippen molar-refractivity contribution in [3.8, 4) is 0 Å². The molecule has 1 aromatic rings. The monoisotopic (exact) mass is 240 g/mol. The predicted molar refractivity (Wildman–Crippen MR) is 63.9 cm³/mol. The fourth-order valence-electron chi connectivity index (χ4n) is 1.55. The minimum atomic E-state index is -0.373. The van der Waals surface area contributed by atoms with Gasteiger partial charge < -0.3 is 10.1 Å². The van der Waals surface area contributed by atoms with E-state index in [1.165, 1.54) is 44.1 Å². The van der Waals surface area contributed by atoms with Crippen LogP contribution in [0.15, 0.2) is 5.38 Å². The van der Waals surface area contributed by atoms with Gasteiger partial charge >= 0.3 is 5.97 Å². The van der Waals surface area contributed by atoms with Crippen molar-refractivity contribution >= 4 is 22.4 Å². The van der Waals surface area contributed by atoms with Gasteiger partial charge in [-0.3, -0.25) is 0 Å². The van der Waals surface area contributed by atoms with Gasteiger partial charge in [-0.25, -0.2) is 9.78 Å². The molecule has 88 valence electrons. The Kier molecular flexibility index (Phi) is 3.77. The average molecular weight is 240 g/mol. The molecule has 0 atom stereocenters. The maximum absolute atomic E-state index is 11.1. The van der Waals surface area contributed by atoms with E-state index in [0.29, 0.717) is 5.69 Å². The third kappa shape index (κ3) is 3.20. The van der Waals surface area contributed by atoms with Crippen LogP contribution in [0.25, 0.3) is 0 Å². The topological polar surface area (TPSA) is 51.2 Å². The molecule has 1 aliphatic rings. The fourth-order valence-corrected chi connectivity index (χ4v) is 2.25. The van der Waals surface area contributed by atoms with Gasteiger partial charge in [0.05, 0.1) is 7.11 Å². The largest absolute Gasteiger partial charge is 0.464 e. The van der Waals surface area contributed by atoms with Gasteiger partial charge in [-0.05, 0) is 18.8 Å². The Balaban J connectivity index is 1.71. The van der Waals surface area contributed by atoms with Crippen LogP contribution in [0, 0.1) is 5.92 Å². The Bertz CT molecular complexity index is 361. The number of hydrogen-bond donors (Lipinski definition) is 1. The highest BCUT2D eigenvalue weighted by Gasteiger charge is 2.20. The van der Waals surface area contributed by atoms with Crippen molar-refractivity contribution in [2.75, 3.05) is 19.0 Å². The van der Waals surface area contributed by atoms with Gasteiger partial charge in [-0.1, -0.05) is 12.8 Å². The number of rotatable bonds is 6. The van der Waals surface area contributed by atoms with Crippen LogP contribution >= 0.6 is 11.3 Å². The lowest BCUT2D eigenvalue weighted by Gasteiger charge is -2.00. The van der Waals surface area contributed by atoms with Gasteiger partial charge in [0.15, 0.2) is 10.8 Å². The Morgan fingerprint density at radius 1 is 1.69 bits per heavy atom. The summed E-state index contributed by atoms with van der Waals surface area (Å²) in [6, 6.07) is 0. The van der Waals surface area contributed by atoms with Crippen LogP contribution < -0.4 is 5.32 Å². The minimum absolute atomic E-state index is 0.373. The predicted octanol–water partition coefficient (Wildman–Crippen LogP) is 2.53. The number of methoxy groups -OCH3 is 1. The molecule has 1 N–H and O–H groups in total. The van der Waals surface area contributed by atoms with Crippen LogP contribution in [0.3, 0.4) is 0 Å². The molecule has 0 aromatic carbocycles. The highest BCUT2D eigenvalue weighted by molar-refractivity contribution is 7.13. The zero-order valence-corrected chi connectivity index (χ0v) is 10.2. The normalized spacial score (nSPS) is 14.8. The Labute approximate surface area is 99.0 Å². The quantitative estimate of drug-likeness (QED) is 0.613. The summed E-state index contributed by atoms with van der Waals surface area (Å²) in [5, 5.41) is 5.75. The first kappa shape index (κ1) is 11.4. The van der Waals surface area contributed by atoms with Crippen molar-refractivity contribution < 1.29 is 9.53 Å². The molecule has 5 heteroatoms. The second-order valence-corrected chi connectivity index (χ2v) is 4.90. The molecule has 0 amide bonds. The standard InChI is InChI=1S/C11H16N2O2S/c1-15-10(14)9-7-16-11(13-9)12-6-2-3-8-4-5-8/h7-8H,2-6H2,1H3,(H,12,13). The van der Waals surface area contributed by atoms with Gasteiger partial charge in [-0.2, -0.15) is 0 Å². The Morgan fingerprint density at radius 2 is 2.50 bits per heavy atom.